The summed E-state index contributed by atoms with van der Waals surface area (Å²) >= 11 is 12.0. The Morgan fingerprint density at radius 1 is 0.943 bits per heavy atom. The molecule has 0 spiro atoms. The number of ether oxygens (including phenoxy) is 2. The molecule has 2 aliphatic heterocycles. The van der Waals surface area contributed by atoms with Gasteiger partial charge < -0.3 is 19.5 Å². The predicted molar refractivity (Wildman–Crippen MR) is 138 cm³/mol. The van der Waals surface area contributed by atoms with Crippen LogP contribution in [0.15, 0.2) is 42.5 Å². The topological polar surface area (TPSA) is 62.2 Å². The van der Waals surface area contributed by atoms with Gasteiger partial charge in [0.05, 0.1) is 22.3 Å². The fourth-order valence-electron chi connectivity index (χ4n) is 4.70. The van der Waals surface area contributed by atoms with Crippen molar-refractivity contribution in [2.45, 2.75) is 50.7 Å². The number of rotatable bonds is 10. The number of likely N-dealkylation sites (tertiary alicyclic amines) is 2. The molecule has 0 bridgehead atoms. The van der Waals surface area contributed by atoms with Gasteiger partial charge in [-0.3, -0.25) is 9.69 Å². The lowest BCUT2D eigenvalue weighted by Gasteiger charge is -2.27. The first kappa shape index (κ1) is 26.1. The van der Waals surface area contributed by atoms with E-state index in [4.69, 9.17) is 32.7 Å². The summed E-state index contributed by atoms with van der Waals surface area (Å²) in [4.78, 5) is 16.0. The van der Waals surface area contributed by atoms with E-state index in [0.717, 1.165) is 57.7 Å². The van der Waals surface area contributed by atoms with E-state index in [1.807, 2.05) is 17.0 Å². The highest BCUT2D eigenvalue weighted by Gasteiger charge is 2.31. The molecule has 2 heterocycles. The van der Waals surface area contributed by atoms with Crippen molar-refractivity contribution in [1.82, 2.24) is 9.80 Å². The maximum absolute atomic E-state index is 11.7. The highest BCUT2D eigenvalue weighted by Crippen LogP contribution is 2.29. The molecule has 0 aromatic heterocycles. The minimum absolute atomic E-state index is 0.227. The summed E-state index contributed by atoms with van der Waals surface area (Å²) in [7, 11) is 0. The quantitative estimate of drug-likeness (QED) is 0.437. The third kappa shape index (κ3) is 7.74. The van der Waals surface area contributed by atoms with E-state index in [-0.39, 0.29) is 12.5 Å². The van der Waals surface area contributed by atoms with E-state index in [2.05, 4.69) is 17.0 Å². The van der Waals surface area contributed by atoms with Crippen LogP contribution in [0.25, 0.3) is 0 Å². The van der Waals surface area contributed by atoms with Gasteiger partial charge in [-0.15, -0.1) is 0 Å². The Morgan fingerprint density at radius 2 is 1.80 bits per heavy atom. The van der Waals surface area contributed by atoms with Gasteiger partial charge in [-0.05, 0) is 68.5 Å². The maximum atomic E-state index is 11.7. The summed E-state index contributed by atoms with van der Waals surface area (Å²) in [6, 6.07) is 13.3. The molecule has 2 fully saturated rings. The van der Waals surface area contributed by atoms with E-state index in [1.165, 1.54) is 5.56 Å². The van der Waals surface area contributed by atoms with Crippen LogP contribution in [-0.2, 0) is 11.3 Å². The van der Waals surface area contributed by atoms with E-state index in [9.17, 15) is 9.90 Å². The lowest BCUT2D eigenvalue weighted by molar-refractivity contribution is -0.127. The average Bonchev–Trinajstić information content (AvgIpc) is 3.16. The third-order valence-corrected chi connectivity index (χ3v) is 7.46. The molecule has 1 atom stereocenters. The van der Waals surface area contributed by atoms with Gasteiger partial charge in [-0.25, -0.2) is 0 Å². The van der Waals surface area contributed by atoms with E-state index in [1.54, 1.807) is 18.2 Å². The first-order valence-electron chi connectivity index (χ1n) is 12.4. The normalized spacial score (nSPS) is 21.2. The molecule has 2 aromatic rings. The highest BCUT2D eigenvalue weighted by molar-refractivity contribution is 6.42. The third-order valence-electron chi connectivity index (χ3n) is 6.73. The van der Waals surface area contributed by atoms with Gasteiger partial charge in [0.25, 0.3) is 0 Å². The van der Waals surface area contributed by atoms with Crippen LogP contribution in [0.3, 0.4) is 0 Å². The second-order valence-corrected chi connectivity index (χ2v) is 10.4. The molecule has 35 heavy (non-hydrogen) atoms. The largest absolute Gasteiger partial charge is 0.494 e. The first-order chi connectivity index (χ1) is 16.9. The maximum Gasteiger partial charge on any atom is 0.222 e. The van der Waals surface area contributed by atoms with Crippen molar-refractivity contribution in [2.24, 2.45) is 0 Å². The molecule has 0 unspecified atom stereocenters. The molecule has 1 amide bonds. The van der Waals surface area contributed by atoms with Crippen molar-refractivity contribution in [3.63, 3.8) is 0 Å². The summed E-state index contributed by atoms with van der Waals surface area (Å²) in [5.74, 6) is 1.73. The van der Waals surface area contributed by atoms with Gasteiger partial charge in [-0.1, -0.05) is 35.3 Å². The number of carbonyl (C=O) groups excluding carboxylic acids is 1. The highest BCUT2D eigenvalue weighted by atomic mass is 35.5. The van der Waals surface area contributed by atoms with Crippen LogP contribution >= 0.6 is 23.2 Å². The zero-order chi connectivity index (χ0) is 24.7. The van der Waals surface area contributed by atoms with Crippen molar-refractivity contribution in [3.8, 4) is 11.5 Å². The fraction of sp³-hybridized carbons (Fsp3) is 0.519. The molecule has 8 heteroatoms. The van der Waals surface area contributed by atoms with Crippen LogP contribution in [0.4, 0.5) is 0 Å². The summed E-state index contributed by atoms with van der Waals surface area (Å²) in [6.45, 7) is 4.99. The standard InChI is InChI=1S/C27H34Cl2N2O4/c28-24-9-8-23(18-25(24)29)35-20-27(33)10-3-12-30(15-11-27)19-21-5-1-6-22(17-21)34-16-4-14-31-13-2-7-26(31)32/h1,5-6,8-9,17-18,33H,2-4,7,10-16,19-20H2/t27-/m0/s1. The molecule has 0 radical (unpaired) electrons. The smallest absolute Gasteiger partial charge is 0.222 e. The zero-order valence-corrected chi connectivity index (χ0v) is 21.6. The molecule has 0 saturated carbocycles. The minimum Gasteiger partial charge on any atom is -0.494 e. The molecule has 0 aliphatic carbocycles. The summed E-state index contributed by atoms with van der Waals surface area (Å²) < 4.78 is 11.8. The number of carbonyl (C=O) groups is 1. The Morgan fingerprint density at radius 3 is 2.60 bits per heavy atom. The Balaban J connectivity index is 1.22. The Labute approximate surface area is 217 Å². The summed E-state index contributed by atoms with van der Waals surface area (Å²) in [5.41, 5.74) is 0.317. The Kier molecular flexibility index (Phi) is 9.17. The predicted octanol–water partition coefficient (Wildman–Crippen LogP) is 5.18. The number of hydrogen-bond acceptors (Lipinski definition) is 5. The van der Waals surface area contributed by atoms with Crippen molar-refractivity contribution >= 4 is 29.1 Å². The van der Waals surface area contributed by atoms with Crippen molar-refractivity contribution < 1.29 is 19.4 Å². The molecular weight excluding hydrogens is 487 g/mol. The van der Waals surface area contributed by atoms with Crippen molar-refractivity contribution in [2.75, 3.05) is 39.4 Å². The molecule has 2 aliphatic rings. The van der Waals surface area contributed by atoms with Gasteiger partial charge >= 0.3 is 0 Å². The van der Waals surface area contributed by atoms with Crippen LogP contribution in [0.1, 0.15) is 44.1 Å². The molecule has 2 aromatic carbocycles. The molecule has 4 rings (SSSR count). The first-order valence-corrected chi connectivity index (χ1v) is 13.2. The number of aliphatic hydroxyl groups is 1. The van der Waals surface area contributed by atoms with Crippen LogP contribution in [-0.4, -0.2) is 65.8 Å². The molecule has 6 nitrogen and oxygen atoms in total. The fourth-order valence-corrected chi connectivity index (χ4v) is 4.99. The minimum atomic E-state index is -0.872. The Hall–Kier alpha value is -1.99. The monoisotopic (exact) mass is 520 g/mol. The van der Waals surface area contributed by atoms with Gasteiger partial charge in [-0.2, -0.15) is 0 Å². The zero-order valence-electron chi connectivity index (χ0n) is 20.1. The van der Waals surface area contributed by atoms with Gasteiger partial charge in [0.1, 0.15) is 18.1 Å². The van der Waals surface area contributed by atoms with Crippen molar-refractivity contribution in [3.05, 3.63) is 58.1 Å². The van der Waals surface area contributed by atoms with E-state index >= 15 is 0 Å². The number of nitrogens with zero attached hydrogens (tertiary/aromatic N) is 2. The second-order valence-electron chi connectivity index (χ2n) is 9.55. The van der Waals surface area contributed by atoms with Crippen molar-refractivity contribution in [1.29, 1.82) is 0 Å². The number of benzene rings is 2. The van der Waals surface area contributed by atoms with Crippen LogP contribution in [0, 0.1) is 0 Å². The molecule has 2 saturated heterocycles. The second kappa shape index (κ2) is 12.3. The van der Waals surface area contributed by atoms with Crippen LogP contribution in [0.2, 0.25) is 10.0 Å². The van der Waals surface area contributed by atoms with E-state index in [0.29, 0.717) is 41.7 Å². The molecule has 1 N–H and O–H groups in total. The summed E-state index contributed by atoms with van der Waals surface area (Å²) in [6.07, 6.45) is 4.71. The summed E-state index contributed by atoms with van der Waals surface area (Å²) in [5, 5.41) is 12.0. The lowest BCUT2D eigenvalue weighted by atomic mass is 9.96. The SMILES string of the molecule is O=C1CCCN1CCCOc1cccc(CN2CCC[C@@](O)(COc3ccc(Cl)c(Cl)c3)CC2)c1. The van der Waals surface area contributed by atoms with Crippen LogP contribution < -0.4 is 9.47 Å². The van der Waals surface area contributed by atoms with E-state index < -0.39 is 5.60 Å². The van der Waals surface area contributed by atoms with Crippen LogP contribution in [0.5, 0.6) is 11.5 Å². The average molecular weight is 521 g/mol. The number of halogens is 2. The number of amides is 1. The Bertz CT molecular complexity index is 1000. The lowest BCUT2D eigenvalue weighted by Crippen LogP contribution is -2.37. The van der Waals surface area contributed by atoms with Gasteiger partial charge in [0.2, 0.25) is 5.91 Å². The molecule has 190 valence electrons. The number of hydrogen-bond donors (Lipinski definition) is 1. The van der Waals surface area contributed by atoms with Gasteiger partial charge in [0, 0.05) is 38.7 Å². The van der Waals surface area contributed by atoms with Gasteiger partial charge in [0.15, 0.2) is 0 Å². The molecular formula is C27H34Cl2N2O4.